The maximum absolute atomic E-state index is 12.2. The van der Waals surface area contributed by atoms with E-state index in [1.54, 1.807) is 36.5 Å². The van der Waals surface area contributed by atoms with Crippen molar-refractivity contribution in [3.63, 3.8) is 0 Å². The van der Waals surface area contributed by atoms with Gasteiger partial charge in [-0.25, -0.2) is 4.98 Å². The number of carbonyl (C=O) groups is 2. The number of amides is 2. The molecule has 1 heterocycles. The van der Waals surface area contributed by atoms with Gasteiger partial charge in [0.15, 0.2) is 11.7 Å². The van der Waals surface area contributed by atoms with Gasteiger partial charge in [-0.15, -0.1) is 0 Å². The predicted octanol–water partition coefficient (Wildman–Crippen LogP) is 5.34. The number of aromatic nitrogens is 1. The Morgan fingerprint density at radius 1 is 1.03 bits per heavy atom. The van der Waals surface area contributed by atoms with Crippen molar-refractivity contribution in [2.75, 3.05) is 0 Å². The second kappa shape index (κ2) is 9.54. The van der Waals surface area contributed by atoms with Gasteiger partial charge in [-0.05, 0) is 41.3 Å². The molecule has 0 fully saturated rings. The highest BCUT2D eigenvalue weighted by atomic mass is 35.5. The zero-order valence-corrected chi connectivity index (χ0v) is 19.0. The van der Waals surface area contributed by atoms with E-state index in [9.17, 15) is 9.59 Å². The van der Waals surface area contributed by atoms with Gasteiger partial charge in [0, 0.05) is 29.0 Å². The van der Waals surface area contributed by atoms with E-state index in [1.165, 1.54) is 0 Å². The molecule has 3 rings (SSSR count). The highest BCUT2D eigenvalue weighted by Crippen LogP contribution is 2.30. The lowest BCUT2D eigenvalue weighted by atomic mass is 9.87. The first-order valence-electron chi connectivity index (χ1n) is 9.73. The van der Waals surface area contributed by atoms with E-state index >= 15 is 0 Å². The van der Waals surface area contributed by atoms with Crippen LogP contribution in [0.15, 0.2) is 53.1 Å². The van der Waals surface area contributed by atoms with Gasteiger partial charge in [0.2, 0.25) is 5.91 Å². The van der Waals surface area contributed by atoms with Crippen LogP contribution in [0.4, 0.5) is 0 Å². The Morgan fingerprint density at radius 3 is 2.39 bits per heavy atom. The predicted molar refractivity (Wildman–Crippen MR) is 121 cm³/mol. The summed E-state index contributed by atoms with van der Waals surface area (Å²) < 4.78 is 5.67. The molecule has 0 atom stereocenters. The molecule has 0 aliphatic carbocycles. The summed E-state index contributed by atoms with van der Waals surface area (Å²) in [4.78, 5) is 28.5. The highest BCUT2D eigenvalue weighted by Gasteiger charge is 2.15. The average molecular weight is 460 g/mol. The van der Waals surface area contributed by atoms with Gasteiger partial charge in [-0.3, -0.25) is 20.4 Å². The Labute approximate surface area is 190 Å². The fourth-order valence-electron chi connectivity index (χ4n) is 2.84. The number of hydrazine groups is 1. The second-order valence-electron chi connectivity index (χ2n) is 8.07. The number of hydrogen-bond donors (Lipinski definition) is 2. The quantitative estimate of drug-likeness (QED) is 0.504. The molecule has 2 amide bonds. The van der Waals surface area contributed by atoms with Crippen molar-refractivity contribution < 1.29 is 14.0 Å². The van der Waals surface area contributed by atoms with Gasteiger partial charge in [0.25, 0.3) is 5.91 Å². The molecule has 2 N–H and O–H groups in total. The Hall–Kier alpha value is -2.83. The molecule has 162 valence electrons. The fraction of sp³-hybridized carbons (Fsp3) is 0.261. The number of halogens is 2. The van der Waals surface area contributed by atoms with Crippen molar-refractivity contribution in [1.82, 2.24) is 15.8 Å². The summed E-state index contributed by atoms with van der Waals surface area (Å²) in [6.07, 6.45) is 1.91. The number of benzene rings is 2. The number of carbonyl (C=O) groups excluding carboxylic acids is 2. The molecule has 2 aromatic carbocycles. The van der Waals surface area contributed by atoms with Crippen molar-refractivity contribution in [2.24, 2.45) is 0 Å². The minimum atomic E-state index is -0.385. The van der Waals surface area contributed by atoms with Crippen LogP contribution in [-0.2, 0) is 16.6 Å². The molecule has 0 aliphatic heterocycles. The van der Waals surface area contributed by atoms with Crippen LogP contribution in [0.25, 0.3) is 11.3 Å². The summed E-state index contributed by atoms with van der Waals surface area (Å²) in [5, 5.41) is 0.976. The van der Waals surface area contributed by atoms with Crippen LogP contribution in [0.5, 0.6) is 0 Å². The SMILES string of the molecule is CC(C)(C)c1ccc(C(=O)NNC(=O)CCc2ncc(-c3ccc(Cl)cc3Cl)o2)cc1. The lowest BCUT2D eigenvalue weighted by molar-refractivity contribution is -0.121. The van der Waals surface area contributed by atoms with E-state index in [1.807, 2.05) is 12.1 Å². The van der Waals surface area contributed by atoms with Gasteiger partial charge in [-0.1, -0.05) is 56.1 Å². The van der Waals surface area contributed by atoms with Gasteiger partial charge in [0.05, 0.1) is 11.2 Å². The van der Waals surface area contributed by atoms with Crippen LogP contribution in [0.1, 0.15) is 49.0 Å². The van der Waals surface area contributed by atoms with Crippen LogP contribution in [0.2, 0.25) is 10.0 Å². The third-order valence-electron chi connectivity index (χ3n) is 4.64. The summed E-state index contributed by atoms with van der Waals surface area (Å²) in [7, 11) is 0. The average Bonchev–Trinajstić information content (AvgIpc) is 3.18. The molecule has 31 heavy (non-hydrogen) atoms. The lowest BCUT2D eigenvalue weighted by Crippen LogP contribution is -2.41. The molecular formula is C23H23Cl2N3O3. The molecule has 8 heteroatoms. The smallest absolute Gasteiger partial charge is 0.269 e. The van der Waals surface area contributed by atoms with E-state index in [2.05, 4.69) is 36.6 Å². The third-order valence-corrected chi connectivity index (χ3v) is 5.19. The summed E-state index contributed by atoms with van der Waals surface area (Å²) in [6.45, 7) is 6.30. The molecule has 0 saturated carbocycles. The van der Waals surface area contributed by atoms with Crippen LogP contribution >= 0.6 is 23.2 Å². The molecule has 6 nitrogen and oxygen atoms in total. The summed E-state index contributed by atoms with van der Waals surface area (Å²) in [5.41, 5.74) is 7.08. The number of oxazole rings is 1. The Kier molecular flexibility index (Phi) is 7.03. The van der Waals surface area contributed by atoms with Crippen molar-refractivity contribution in [1.29, 1.82) is 0 Å². The summed E-state index contributed by atoms with van der Waals surface area (Å²) >= 11 is 12.1. The van der Waals surface area contributed by atoms with Gasteiger partial charge >= 0.3 is 0 Å². The van der Waals surface area contributed by atoms with E-state index in [-0.39, 0.29) is 30.1 Å². The first-order valence-corrected chi connectivity index (χ1v) is 10.5. The first kappa shape index (κ1) is 22.8. The van der Waals surface area contributed by atoms with Gasteiger partial charge in [0.1, 0.15) is 0 Å². The number of rotatable bonds is 5. The van der Waals surface area contributed by atoms with Crippen LogP contribution < -0.4 is 10.9 Å². The molecule has 0 radical (unpaired) electrons. The monoisotopic (exact) mass is 459 g/mol. The minimum Gasteiger partial charge on any atom is -0.441 e. The normalized spacial score (nSPS) is 11.3. The fourth-order valence-corrected chi connectivity index (χ4v) is 3.34. The van der Waals surface area contributed by atoms with Crippen molar-refractivity contribution in [3.8, 4) is 11.3 Å². The summed E-state index contributed by atoms with van der Waals surface area (Å²) in [5.74, 6) is 0.137. The van der Waals surface area contributed by atoms with Crippen molar-refractivity contribution >= 4 is 35.0 Å². The molecule has 0 saturated heterocycles. The molecule has 0 spiro atoms. The number of hydrogen-bond acceptors (Lipinski definition) is 4. The Bertz CT molecular complexity index is 1090. The maximum Gasteiger partial charge on any atom is 0.269 e. The van der Waals surface area contributed by atoms with Crippen molar-refractivity contribution in [2.45, 2.75) is 39.0 Å². The standard InChI is InChI=1S/C23H23Cl2N3O3/c1-23(2,3)15-6-4-14(5-7-15)22(30)28-27-20(29)10-11-21-26-13-19(31-21)17-9-8-16(24)12-18(17)25/h4-9,12-13H,10-11H2,1-3H3,(H,27,29)(H,28,30). The molecule has 0 unspecified atom stereocenters. The zero-order valence-electron chi connectivity index (χ0n) is 17.5. The number of aryl methyl sites for hydroxylation is 1. The lowest BCUT2D eigenvalue weighted by Gasteiger charge is -2.19. The van der Waals surface area contributed by atoms with Gasteiger partial charge in [-0.2, -0.15) is 0 Å². The molecule has 0 bridgehead atoms. The second-order valence-corrected chi connectivity index (χ2v) is 8.92. The molecule has 3 aromatic rings. The first-order chi connectivity index (χ1) is 14.6. The van der Waals surface area contributed by atoms with Gasteiger partial charge < -0.3 is 4.42 Å². The Morgan fingerprint density at radius 2 is 1.74 bits per heavy atom. The van der Waals surface area contributed by atoms with E-state index in [0.29, 0.717) is 32.8 Å². The largest absolute Gasteiger partial charge is 0.441 e. The van der Waals surface area contributed by atoms with E-state index < -0.39 is 0 Å². The summed E-state index contributed by atoms with van der Waals surface area (Å²) in [6, 6.07) is 12.3. The highest BCUT2D eigenvalue weighted by molar-refractivity contribution is 6.36. The van der Waals surface area contributed by atoms with Crippen molar-refractivity contribution in [3.05, 3.63) is 75.7 Å². The van der Waals surface area contributed by atoms with E-state index in [4.69, 9.17) is 27.6 Å². The number of nitrogens with one attached hydrogen (secondary N) is 2. The molecule has 0 aliphatic rings. The topological polar surface area (TPSA) is 84.2 Å². The van der Waals surface area contributed by atoms with Crippen LogP contribution in [0, 0.1) is 0 Å². The zero-order chi connectivity index (χ0) is 22.6. The number of nitrogens with zero attached hydrogens (tertiary/aromatic N) is 1. The third kappa shape index (κ3) is 6.09. The minimum absolute atomic E-state index is 0.00185. The van der Waals surface area contributed by atoms with Crippen LogP contribution in [0.3, 0.4) is 0 Å². The van der Waals surface area contributed by atoms with E-state index in [0.717, 1.165) is 5.56 Å². The Balaban J connectivity index is 1.49. The maximum atomic E-state index is 12.2. The molecular weight excluding hydrogens is 437 g/mol. The van der Waals surface area contributed by atoms with Crippen LogP contribution in [-0.4, -0.2) is 16.8 Å². The molecule has 1 aromatic heterocycles.